The molecule has 0 atom stereocenters. The van der Waals surface area contributed by atoms with Crippen molar-refractivity contribution in [2.75, 3.05) is 0 Å². The number of esters is 1. The van der Waals surface area contributed by atoms with Gasteiger partial charge in [-0.3, -0.25) is 4.79 Å². The third kappa shape index (κ3) is 4.01. The highest BCUT2D eigenvalue weighted by molar-refractivity contribution is 14.1. The van der Waals surface area contributed by atoms with Gasteiger partial charge in [-0.05, 0) is 52.9 Å². The van der Waals surface area contributed by atoms with Crippen LogP contribution in [0.25, 0.3) is 17.3 Å². The molecule has 1 aliphatic rings. The number of halogens is 2. The minimum atomic E-state index is -0.618. The minimum absolute atomic E-state index is 0.0666. The van der Waals surface area contributed by atoms with Gasteiger partial charge in [-0.25, -0.2) is 14.5 Å². The number of nitrogens with zero attached hydrogens (tertiary/aromatic N) is 3. The highest BCUT2D eigenvalue weighted by atomic mass is 127. The molecule has 0 unspecified atom stereocenters. The summed E-state index contributed by atoms with van der Waals surface area (Å²) < 4.78 is 7.46. The lowest BCUT2D eigenvalue weighted by molar-refractivity contribution is -0.129. The molecular formula is C21H13ClIN3O3. The van der Waals surface area contributed by atoms with Crippen molar-refractivity contribution < 1.29 is 14.3 Å². The predicted molar refractivity (Wildman–Crippen MR) is 119 cm³/mol. The molecule has 8 heteroatoms. The first-order chi connectivity index (χ1) is 13.9. The third-order valence-corrected chi connectivity index (χ3v) is 5.17. The molecule has 0 saturated heterocycles. The first-order valence-corrected chi connectivity index (χ1v) is 10.0. The Balaban J connectivity index is 1.76. The van der Waals surface area contributed by atoms with Crippen LogP contribution in [-0.2, 0) is 9.53 Å². The van der Waals surface area contributed by atoms with Gasteiger partial charge in [0.25, 0.3) is 0 Å². The summed E-state index contributed by atoms with van der Waals surface area (Å²) in [5, 5.41) is 4.78. The second-order valence-corrected chi connectivity index (χ2v) is 7.86. The number of carbonyl (C=O) groups excluding carboxylic acids is 2. The summed E-state index contributed by atoms with van der Waals surface area (Å²) >= 11 is 8.36. The van der Waals surface area contributed by atoms with Gasteiger partial charge in [0.05, 0.1) is 22.0 Å². The van der Waals surface area contributed by atoms with E-state index in [-0.39, 0.29) is 17.5 Å². The number of carbonyl (C=O) groups is 2. The molecule has 0 aliphatic carbocycles. The molecule has 0 bridgehead atoms. The molecule has 0 spiro atoms. The van der Waals surface area contributed by atoms with E-state index in [2.05, 4.69) is 32.7 Å². The van der Waals surface area contributed by atoms with Crippen LogP contribution >= 0.6 is 34.2 Å². The van der Waals surface area contributed by atoms with E-state index in [1.807, 2.05) is 36.4 Å². The Bertz CT molecular complexity index is 1200. The number of hydrogen-bond acceptors (Lipinski definition) is 5. The van der Waals surface area contributed by atoms with Crippen molar-refractivity contribution in [3.63, 3.8) is 0 Å². The van der Waals surface area contributed by atoms with E-state index >= 15 is 0 Å². The molecular weight excluding hydrogens is 505 g/mol. The number of aliphatic imine (C=N–C) groups is 1. The van der Waals surface area contributed by atoms with Gasteiger partial charge in [0, 0.05) is 16.1 Å². The van der Waals surface area contributed by atoms with Gasteiger partial charge in [-0.1, -0.05) is 41.9 Å². The fourth-order valence-electron chi connectivity index (χ4n) is 2.83. The number of benzene rings is 2. The Hall–Kier alpha value is -2.78. The Labute approximate surface area is 185 Å². The molecule has 3 aromatic rings. The average Bonchev–Trinajstić information content (AvgIpc) is 3.29. The topological polar surface area (TPSA) is 73.6 Å². The van der Waals surface area contributed by atoms with Crippen LogP contribution in [0, 0.1) is 3.57 Å². The normalized spacial score (nSPS) is 14.8. The minimum Gasteiger partial charge on any atom is -0.402 e. The van der Waals surface area contributed by atoms with E-state index in [0.29, 0.717) is 22.0 Å². The number of ether oxygens (including phenoxy) is 1. The second-order valence-electron chi connectivity index (χ2n) is 6.21. The number of aromatic nitrogens is 2. The molecule has 0 fully saturated rings. The largest absolute Gasteiger partial charge is 0.402 e. The first kappa shape index (κ1) is 19.5. The molecule has 0 radical (unpaired) electrons. The lowest BCUT2D eigenvalue weighted by Gasteiger charge is -2.02. The maximum atomic E-state index is 12.4. The highest BCUT2D eigenvalue weighted by Crippen LogP contribution is 2.26. The molecule has 2 heterocycles. The monoisotopic (exact) mass is 517 g/mol. The van der Waals surface area contributed by atoms with Crippen molar-refractivity contribution in [3.05, 3.63) is 80.1 Å². The zero-order valence-corrected chi connectivity index (χ0v) is 18.0. The summed E-state index contributed by atoms with van der Waals surface area (Å²) in [4.78, 5) is 28.7. The Kier molecular flexibility index (Phi) is 5.33. The standard InChI is InChI=1S/C21H13ClIN3O3/c1-12(27)26-15(10-18(25-26)13-5-3-2-4-6-13)11-19-21(28)29-20(24-19)16-9-14(23)7-8-17(16)22/h2-11H,1H3/b19-11+. The van der Waals surface area contributed by atoms with Crippen LogP contribution in [0.2, 0.25) is 5.02 Å². The van der Waals surface area contributed by atoms with Crippen LogP contribution in [0.1, 0.15) is 23.0 Å². The predicted octanol–water partition coefficient (Wildman–Crippen LogP) is 4.81. The van der Waals surface area contributed by atoms with Crippen LogP contribution in [0.5, 0.6) is 0 Å². The summed E-state index contributed by atoms with van der Waals surface area (Å²) in [5.74, 6) is -0.773. The van der Waals surface area contributed by atoms with Crippen molar-refractivity contribution >= 4 is 58.0 Å². The third-order valence-electron chi connectivity index (χ3n) is 4.17. The van der Waals surface area contributed by atoms with Gasteiger partial charge >= 0.3 is 5.97 Å². The molecule has 0 N–H and O–H groups in total. The van der Waals surface area contributed by atoms with E-state index < -0.39 is 5.97 Å². The molecule has 6 nitrogen and oxygen atoms in total. The number of hydrogen-bond donors (Lipinski definition) is 0. The fourth-order valence-corrected chi connectivity index (χ4v) is 3.52. The van der Waals surface area contributed by atoms with E-state index in [0.717, 1.165) is 9.13 Å². The van der Waals surface area contributed by atoms with Gasteiger partial charge in [0.1, 0.15) is 0 Å². The van der Waals surface area contributed by atoms with Crippen molar-refractivity contribution in [3.8, 4) is 11.3 Å². The Morgan fingerprint density at radius 2 is 1.93 bits per heavy atom. The van der Waals surface area contributed by atoms with Crippen LogP contribution in [-0.4, -0.2) is 27.6 Å². The van der Waals surface area contributed by atoms with Gasteiger partial charge in [0.2, 0.25) is 11.8 Å². The molecule has 1 aliphatic heterocycles. The summed E-state index contributed by atoms with van der Waals surface area (Å²) in [6, 6.07) is 16.5. The van der Waals surface area contributed by atoms with E-state index in [1.54, 1.807) is 18.2 Å². The summed E-state index contributed by atoms with van der Waals surface area (Å²) in [6.45, 7) is 1.40. The van der Waals surface area contributed by atoms with Crippen LogP contribution in [0.3, 0.4) is 0 Å². The fraction of sp³-hybridized carbons (Fsp3) is 0.0476. The molecule has 0 amide bonds. The first-order valence-electron chi connectivity index (χ1n) is 8.57. The van der Waals surface area contributed by atoms with Gasteiger partial charge in [-0.15, -0.1) is 0 Å². The van der Waals surface area contributed by atoms with E-state index in [4.69, 9.17) is 16.3 Å². The van der Waals surface area contributed by atoms with Crippen LogP contribution in [0.4, 0.5) is 0 Å². The van der Waals surface area contributed by atoms with Gasteiger partial charge in [-0.2, -0.15) is 5.10 Å². The Morgan fingerprint density at radius 3 is 2.66 bits per heavy atom. The lowest BCUT2D eigenvalue weighted by atomic mass is 10.1. The van der Waals surface area contributed by atoms with Crippen molar-refractivity contribution in [1.82, 2.24) is 9.78 Å². The maximum Gasteiger partial charge on any atom is 0.363 e. The molecule has 0 saturated carbocycles. The number of rotatable bonds is 3. The molecule has 2 aromatic carbocycles. The van der Waals surface area contributed by atoms with Crippen molar-refractivity contribution in [2.45, 2.75) is 6.92 Å². The smallest absolute Gasteiger partial charge is 0.363 e. The molecule has 4 rings (SSSR count). The zero-order valence-electron chi connectivity index (χ0n) is 15.1. The van der Waals surface area contributed by atoms with Crippen molar-refractivity contribution in [2.24, 2.45) is 4.99 Å². The zero-order chi connectivity index (χ0) is 20.5. The van der Waals surface area contributed by atoms with E-state index in [9.17, 15) is 9.59 Å². The SMILES string of the molecule is CC(=O)n1nc(-c2ccccc2)cc1/C=C1/N=C(c2cc(I)ccc2Cl)OC1=O. The lowest BCUT2D eigenvalue weighted by Crippen LogP contribution is -2.10. The maximum absolute atomic E-state index is 12.4. The van der Waals surface area contributed by atoms with Gasteiger partial charge < -0.3 is 4.74 Å². The second kappa shape index (κ2) is 7.92. The Morgan fingerprint density at radius 1 is 1.17 bits per heavy atom. The molecule has 1 aromatic heterocycles. The quantitative estimate of drug-likeness (QED) is 0.284. The molecule has 144 valence electrons. The summed E-state index contributed by atoms with van der Waals surface area (Å²) in [6.07, 6.45) is 1.48. The molecule has 29 heavy (non-hydrogen) atoms. The van der Waals surface area contributed by atoms with Gasteiger partial charge in [0.15, 0.2) is 5.70 Å². The van der Waals surface area contributed by atoms with E-state index in [1.165, 1.54) is 17.7 Å². The average molecular weight is 518 g/mol. The van der Waals surface area contributed by atoms with Crippen LogP contribution < -0.4 is 0 Å². The number of cyclic esters (lactones) is 1. The summed E-state index contributed by atoms with van der Waals surface area (Å²) in [5.41, 5.74) is 2.50. The van der Waals surface area contributed by atoms with Crippen molar-refractivity contribution in [1.29, 1.82) is 0 Å². The summed E-state index contributed by atoms with van der Waals surface area (Å²) in [7, 11) is 0. The highest BCUT2D eigenvalue weighted by Gasteiger charge is 2.26. The van der Waals surface area contributed by atoms with Crippen LogP contribution in [0.15, 0.2) is 65.3 Å².